The highest BCUT2D eigenvalue weighted by Crippen LogP contribution is 2.29. The van der Waals surface area contributed by atoms with Crippen molar-refractivity contribution in [2.24, 2.45) is 16.6 Å². The number of likely N-dealkylation sites (tertiary alicyclic amines) is 1. The summed E-state index contributed by atoms with van der Waals surface area (Å²) < 4.78 is 0. The predicted octanol–water partition coefficient (Wildman–Crippen LogP) is 3.45. The lowest BCUT2D eigenvalue weighted by Crippen LogP contribution is -2.38. The van der Waals surface area contributed by atoms with E-state index in [0.717, 1.165) is 25.4 Å². The van der Waals surface area contributed by atoms with Crippen LogP contribution in [0.1, 0.15) is 44.0 Å². The lowest BCUT2D eigenvalue weighted by molar-refractivity contribution is 0.143. The highest BCUT2D eigenvalue weighted by atomic mass is 127. The Morgan fingerprint density at radius 3 is 2.82 bits per heavy atom. The molecule has 1 aromatic heterocycles. The molecule has 22 heavy (non-hydrogen) atoms. The Bertz CT molecular complexity index is 427. The number of aliphatic imine (C=N–C) groups is 1. The van der Waals surface area contributed by atoms with Crippen molar-refractivity contribution in [1.29, 1.82) is 0 Å². The zero-order chi connectivity index (χ0) is 15.1. The van der Waals surface area contributed by atoms with Gasteiger partial charge in [-0.25, -0.2) is 0 Å². The van der Waals surface area contributed by atoms with Gasteiger partial charge < -0.3 is 11.1 Å². The minimum Gasteiger partial charge on any atom is -0.370 e. The summed E-state index contributed by atoms with van der Waals surface area (Å²) in [7, 11) is 0. The summed E-state index contributed by atoms with van der Waals surface area (Å²) in [6, 6.07) is 4.72. The van der Waals surface area contributed by atoms with Crippen molar-refractivity contribution in [3.05, 3.63) is 22.4 Å². The van der Waals surface area contributed by atoms with E-state index in [1.807, 2.05) is 11.3 Å². The SMILES string of the molecule is CCCNC(N)=NCC(c1cccs1)N1CCC(C)CC1.I. The van der Waals surface area contributed by atoms with Crippen LogP contribution in [0.5, 0.6) is 0 Å². The average molecular weight is 436 g/mol. The van der Waals surface area contributed by atoms with E-state index in [9.17, 15) is 0 Å². The molecule has 4 nitrogen and oxygen atoms in total. The van der Waals surface area contributed by atoms with Crippen molar-refractivity contribution in [3.63, 3.8) is 0 Å². The van der Waals surface area contributed by atoms with Gasteiger partial charge in [0.2, 0.25) is 0 Å². The van der Waals surface area contributed by atoms with Crippen LogP contribution in [0.3, 0.4) is 0 Å². The van der Waals surface area contributed by atoms with E-state index in [1.54, 1.807) is 0 Å². The van der Waals surface area contributed by atoms with E-state index in [0.29, 0.717) is 12.0 Å². The lowest BCUT2D eigenvalue weighted by atomic mass is 9.97. The molecule has 126 valence electrons. The molecule has 1 aliphatic heterocycles. The summed E-state index contributed by atoms with van der Waals surface area (Å²) in [5.74, 6) is 1.42. The second kappa shape index (κ2) is 10.4. The van der Waals surface area contributed by atoms with Gasteiger partial charge in [-0.05, 0) is 49.7 Å². The molecule has 0 saturated carbocycles. The highest BCUT2D eigenvalue weighted by molar-refractivity contribution is 14.0. The molecule has 0 aliphatic carbocycles. The van der Waals surface area contributed by atoms with Gasteiger partial charge in [0.25, 0.3) is 0 Å². The minimum atomic E-state index is 0. The molecule has 0 bridgehead atoms. The normalized spacial score (nSPS) is 18.7. The number of halogens is 1. The van der Waals surface area contributed by atoms with Crippen LogP contribution < -0.4 is 11.1 Å². The molecule has 1 unspecified atom stereocenters. The molecule has 1 aromatic rings. The van der Waals surface area contributed by atoms with Crippen molar-refractivity contribution >= 4 is 41.3 Å². The van der Waals surface area contributed by atoms with Crippen LogP contribution in [0.2, 0.25) is 0 Å². The molecule has 1 saturated heterocycles. The quantitative estimate of drug-likeness (QED) is 0.408. The summed E-state index contributed by atoms with van der Waals surface area (Å²) >= 11 is 1.82. The monoisotopic (exact) mass is 436 g/mol. The standard InChI is InChI=1S/C16H28N4S.HI/c1-3-8-18-16(17)19-12-14(15-5-4-11-21-15)20-9-6-13(2)7-10-20;/h4-5,11,13-14H,3,6-10,12H2,1-2H3,(H3,17,18,19);1H. The van der Waals surface area contributed by atoms with E-state index < -0.39 is 0 Å². The first-order chi connectivity index (χ1) is 10.2. The van der Waals surface area contributed by atoms with E-state index >= 15 is 0 Å². The van der Waals surface area contributed by atoms with Gasteiger partial charge in [-0.1, -0.05) is 19.9 Å². The number of nitrogens with two attached hydrogens (primary N) is 1. The Kier molecular flexibility index (Phi) is 9.35. The van der Waals surface area contributed by atoms with Gasteiger partial charge in [0.1, 0.15) is 0 Å². The van der Waals surface area contributed by atoms with E-state index in [1.165, 1.54) is 30.8 Å². The highest BCUT2D eigenvalue weighted by Gasteiger charge is 2.25. The van der Waals surface area contributed by atoms with Crippen LogP contribution in [0.4, 0.5) is 0 Å². The molecule has 3 N–H and O–H groups in total. The van der Waals surface area contributed by atoms with Crippen LogP contribution in [0.15, 0.2) is 22.5 Å². The third kappa shape index (κ3) is 6.04. The smallest absolute Gasteiger partial charge is 0.188 e. The molecular weight excluding hydrogens is 407 g/mol. The Balaban J connectivity index is 0.00000242. The average Bonchev–Trinajstić information content (AvgIpc) is 3.01. The van der Waals surface area contributed by atoms with Gasteiger partial charge in [0.15, 0.2) is 5.96 Å². The first-order valence-corrected chi connectivity index (χ1v) is 8.90. The molecule has 1 atom stereocenters. The van der Waals surface area contributed by atoms with Gasteiger partial charge in [-0.3, -0.25) is 9.89 Å². The second-order valence-electron chi connectivity index (χ2n) is 5.90. The van der Waals surface area contributed by atoms with E-state index in [2.05, 4.69) is 46.6 Å². The Morgan fingerprint density at radius 2 is 2.23 bits per heavy atom. The molecule has 0 radical (unpaired) electrons. The molecule has 2 heterocycles. The van der Waals surface area contributed by atoms with Crippen LogP contribution in [-0.2, 0) is 0 Å². The molecule has 2 rings (SSSR count). The molecular formula is C16H29IN4S. The molecule has 1 fully saturated rings. The third-order valence-corrected chi connectivity index (χ3v) is 5.09. The topological polar surface area (TPSA) is 53.6 Å². The number of thiophene rings is 1. The zero-order valence-electron chi connectivity index (χ0n) is 13.6. The van der Waals surface area contributed by atoms with Gasteiger partial charge in [-0.15, -0.1) is 35.3 Å². The van der Waals surface area contributed by atoms with Gasteiger partial charge >= 0.3 is 0 Å². The van der Waals surface area contributed by atoms with Crippen LogP contribution in [0.25, 0.3) is 0 Å². The van der Waals surface area contributed by atoms with Gasteiger partial charge in [0, 0.05) is 11.4 Å². The van der Waals surface area contributed by atoms with Crippen molar-refractivity contribution in [3.8, 4) is 0 Å². The van der Waals surface area contributed by atoms with Crippen molar-refractivity contribution in [2.45, 2.75) is 39.2 Å². The largest absolute Gasteiger partial charge is 0.370 e. The fourth-order valence-electron chi connectivity index (χ4n) is 2.70. The summed E-state index contributed by atoms with van der Waals surface area (Å²) in [5, 5.41) is 5.31. The Morgan fingerprint density at radius 1 is 1.50 bits per heavy atom. The molecule has 0 amide bonds. The van der Waals surface area contributed by atoms with Gasteiger partial charge in [0.05, 0.1) is 12.6 Å². The van der Waals surface area contributed by atoms with E-state index in [4.69, 9.17) is 5.73 Å². The number of nitrogens with zero attached hydrogens (tertiary/aromatic N) is 2. The summed E-state index contributed by atoms with van der Waals surface area (Å²) in [5.41, 5.74) is 5.94. The fraction of sp³-hybridized carbons (Fsp3) is 0.688. The number of hydrogen-bond acceptors (Lipinski definition) is 3. The first kappa shape index (κ1) is 19.7. The number of rotatable bonds is 6. The minimum absolute atomic E-state index is 0. The van der Waals surface area contributed by atoms with E-state index in [-0.39, 0.29) is 24.0 Å². The maximum absolute atomic E-state index is 5.94. The van der Waals surface area contributed by atoms with Crippen LogP contribution >= 0.6 is 35.3 Å². The van der Waals surface area contributed by atoms with Gasteiger partial charge in [-0.2, -0.15) is 0 Å². The molecule has 6 heteroatoms. The summed E-state index contributed by atoms with van der Waals surface area (Å²) in [4.78, 5) is 8.53. The molecule has 0 aromatic carbocycles. The third-order valence-electron chi connectivity index (χ3n) is 4.12. The van der Waals surface area contributed by atoms with Crippen LogP contribution in [0, 0.1) is 5.92 Å². The molecule has 1 aliphatic rings. The number of piperidine rings is 1. The second-order valence-corrected chi connectivity index (χ2v) is 6.88. The maximum Gasteiger partial charge on any atom is 0.188 e. The fourth-order valence-corrected chi connectivity index (χ4v) is 3.55. The van der Waals surface area contributed by atoms with Crippen molar-refractivity contribution in [1.82, 2.24) is 10.2 Å². The lowest BCUT2D eigenvalue weighted by Gasteiger charge is -2.35. The number of guanidine groups is 1. The maximum atomic E-state index is 5.94. The number of hydrogen-bond donors (Lipinski definition) is 2. The van der Waals surface area contributed by atoms with Crippen LogP contribution in [-0.4, -0.2) is 37.0 Å². The first-order valence-electron chi connectivity index (χ1n) is 8.02. The summed E-state index contributed by atoms with van der Waals surface area (Å²) in [6.45, 7) is 8.45. The predicted molar refractivity (Wildman–Crippen MR) is 107 cm³/mol. The Hall–Kier alpha value is -0.340. The number of nitrogens with one attached hydrogen (secondary N) is 1. The van der Waals surface area contributed by atoms with Crippen molar-refractivity contribution in [2.75, 3.05) is 26.2 Å². The summed E-state index contributed by atoms with van der Waals surface area (Å²) in [6.07, 6.45) is 3.64. The molecule has 0 spiro atoms. The Labute approximate surface area is 155 Å². The zero-order valence-corrected chi connectivity index (χ0v) is 16.8. The van der Waals surface area contributed by atoms with Crippen molar-refractivity contribution < 1.29 is 0 Å².